The molecule has 0 atom stereocenters. The fraction of sp³-hybridized carbons (Fsp3) is 0.226. The number of aromatic hydroxyl groups is 2. The number of benzene rings is 4. The molecule has 0 aliphatic carbocycles. The number of hydrogen-bond donors (Lipinski definition) is 2. The molecular weight excluding hydrogens is 436 g/mol. The van der Waals surface area contributed by atoms with Crippen molar-refractivity contribution >= 4 is 0 Å². The quantitative estimate of drug-likeness (QED) is 0.229. The Kier molecular flexibility index (Phi) is 8.93. The van der Waals surface area contributed by atoms with Gasteiger partial charge in [-0.2, -0.15) is 0 Å². The van der Waals surface area contributed by atoms with E-state index in [0.29, 0.717) is 50.8 Å². The summed E-state index contributed by atoms with van der Waals surface area (Å²) in [6.45, 7) is 2.31. The number of rotatable bonds is 12. The van der Waals surface area contributed by atoms with E-state index in [0.717, 1.165) is 39.8 Å². The van der Waals surface area contributed by atoms with E-state index in [4.69, 9.17) is 9.47 Å². The van der Waals surface area contributed by atoms with Crippen LogP contribution in [0.4, 0.5) is 0 Å². The van der Waals surface area contributed by atoms with Gasteiger partial charge in [0.25, 0.3) is 0 Å². The van der Waals surface area contributed by atoms with Crippen LogP contribution in [0.5, 0.6) is 11.5 Å². The van der Waals surface area contributed by atoms with Gasteiger partial charge in [-0.15, -0.1) is 0 Å². The van der Waals surface area contributed by atoms with Crippen LogP contribution in [-0.2, 0) is 22.3 Å². The largest absolute Gasteiger partial charge is 0.507 e. The summed E-state index contributed by atoms with van der Waals surface area (Å²) in [4.78, 5) is 0. The van der Waals surface area contributed by atoms with Gasteiger partial charge in [0.05, 0.1) is 13.2 Å². The van der Waals surface area contributed by atoms with Crippen molar-refractivity contribution in [3.8, 4) is 33.8 Å². The highest BCUT2D eigenvalue weighted by Gasteiger charge is 2.10. The van der Waals surface area contributed by atoms with E-state index in [9.17, 15) is 10.2 Å². The number of phenols is 2. The van der Waals surface area contributed by atoms with Crippen molar-refractivity contribution in [2.24, 2.45) is 0 Å². The van der Waals surface area contributed by atoms with Crippen molar-refractivity contribution in [1.29, 1.82) is 0 Å². The van der Waals surface area contributed by atoms with Gasteiger partial charge in [-0.1, -0.05) is 97.1 Å². The molecule has 0 saturated heterocycles. The van der Waals surface area contributed by atoms with E-state index in [1.165, 1.54) is 0 Å². The molecule has 180 valence electrons. The Balaban J connectivity index is 1.14. The van der Waals surface area contributed by atoms with Gasteiger partial charge in [0.2, 0.25) is 0 Å². The zero-order chi connectivity index (χ0) is 24.3. The Hall–Kier alpha value is -3.60. The zero-order valence-corrected chi connectivity index (χ0v) is 19.9. The predicted molar refractivity (Wildman–Crippen MR) is 141 cm³/mol. The highest BCUT2D eigenvalue weighted by atomic mass is 16.5. The Labute approximate surface area is 207 Å². The highest BCUT2D eigenvalue weighted by molar-refractivity contribution is 5.72. The lowest BCUT2D eigenvalue weighted by atomic mass is 10.0. The van der Waals surface area contributed by atoms with Crippen molar-refractivity contribution in [2.45, 2.75) is 19.3 Å². The smallest absolute Gasteiger partial charge is 0.126 e. The summed E-state index contributed by atoms with van der Waals surface area (Å²) >= 11 is 0. The number of phenolic OH excluding ortho intramolecular Hbond substituents is 2. The third-order valence-corrected chi connectivity index (χ3v) is 6.02. The molecule has 4 aromatic carbocycles. The van der Waals surface area contributed by atoms with E-state index in [1.54, 1.807) is 0 Å². The Morgan fingerprint density at radius 2 is 0.886 bits per heavy atom. The van der Waals surface area contributed by atoms with Crippen molar-refractivity contribution in [2.75, 3.05) is 26.4 Å². The molecule has 0 spiro atoms. The molecule has 0 bridgehead atoms. The fourth-order valence-corrected chi connectivity index (χ4v) is 4.12. The number of ether oxygens (including phenoxy) is 2. The van der Waals surface area contributed by atoms with Crippen LogP contribution in [0.2, 0.25) is 0 Å². The van der Waals surface area contributed by atoms with E-state index in [2.05, 4.69) is 0 Å². The SMILES string of the molecule is Oc1c(CCOCCCOCCc2cccc(-c3ccccc3)c2O)cccc1-c1ccccc1. The summed E-state index contributed by atoms with van der Waals surface area (Å²) < 4.78 is 11.5. The summed E-state index contributed by atoms with van der Waals surface area (Å²) in [5.41, 5.74) is 5.48. The number of para-hydroxylation sites is 2. The van der Waals surface area contributed by atoms with Crippen LogP contribution in [0.25, 0.3) is 22.3 Å². The van der Waals surface area contributed by atoms with Crippen LogP contribution < -0.4 is 0 Å². The second-order valence-corrected chi connectivity index (χ2v) is 8.44. The van der Waals surface area contributed by atoms with Crippen molar-refractivity contribution in [3.05, 3.63) is 108 Å². The Bertz CT molecular complexity index is 1090. The second kappa shape index (κ2) is 12.7. The molecule has 0 saturated carbocycles. The number of hydrogen-bond acceptors (Lipinski definition) is 4. The summed E-state index contributed by atoms with van der Waals surface area (Å²) in [5.74, 6) is 0.649. The first-order chi connectivity index (χ1) is 17.2. The van der Waals surface area contributed by atoms with Gasteiger partial charge in [-0.3, -0.25) is 0 Å². The summed E-state index contributed by atoms with van der Waals surface area (Å²) in [6, 6.07) is 31.5. The van der Waals surface area contributed by atoms with Gasteiger partial charge in [-0.25, -0.2) is 0 Å². The summed E-state index contributed by atoms with van der Waals surface area (Å²) in [5, 5.41) is 21.3. The van der Waals surface area contributed by atoms with Crippen molar-refractivity contribution in [1.82, 2.24) is 0 Å². The van der Waals surface area contributed by atoms with Crippen LogP contribution in [0.3, 0.4) is 0 Å². The molecule has 0 amide bonds. The molecule has 0 fully saturated rings. The molecule has 0 radical (unpaired) electrons. The first kappa shape index (κ1) is 24.5. The predicted octanol–water partition coefficient (Wildman–Crippen LogP) is 6.64. The lowest BCUT2D eigenvalue weighted by Gasteiger charge is -2.11. The minimum Gasteiger partial charge on any atom is -0.507 e. The van der Waals surface area contributed by atoms with E-state index >= 15 is 0 Å². The summed E-state index contributed by atoms with van der Waals surface area (Å²) in [6.07, 6.45) is 2.11. The lowest BCUT2D eigenvalue weighted by molar-refractivity contribution is 0.0849. The maximum Gasteiger partial charge on any atom is 0.126 e. The van der Waals surface area contributed by atoms with Crippen LogP contribution in [0, 0.1) is 0 Å². The molecule has 0 unspecified atom stereocenters. The molecule has 0 aliphatic rings. The molecule has 4 nitrogen and oxygen atoms in total. The third kappa shape index (κ3) is 6.72. The molecule has 4 rings (SSSR count). The van der Waals surface area contributed by atoms with Crippen LogP contribution in [-0.4, -0.2) is 36.6 Å². The van der Waals surface area contributed by atoms with Gasteiger partial charge >= 0.3 is 0 Å². The minimum absolute atomic E-state index is 0.324. The fourth-order valence-electron chi connectivity index (χ4n) is 4.12. The average molecular weight is 469 g/mol. The maximum absolute atomic E-state index is 10.6. The first-order valence-electron chi connectivity index (χ1n) is 12.1. The maximum atomic E-state index is 10.6. The molecular formula is C31H32O4. The van der Waals surface area contributed by atoms with Crippen LogP contribution >= 0.6 is 0 Å². The van der Waals surface area contributed by atoms with Crippen molar-refractivity contribution in [3.63, 3.8) is 0 Å². The average Bonchev–Trinajstić information content (AvgIpc) is 2.90. The van der Waals surface area contributed by atoms with Crippen LogP contribution in [0.1, 0.15) is 17.5 Å². The van der Waals surface area contributed by atoms with E-state index in [1.807, 2.05) is 97.1 Å². The normalized spacial score (nSPS) is 11.0. The van der Waals surface area contributed by atoms with Crippen LogP contribution in [0.15, 0.2) is 97.1 Å². The minimum atomic E-state index is 0.324. The standard InChI is InChI=1S/C31H32O4/c32-30-26(14-7-16-28(30)24-10-3-1-4-11-24)18-22-34-20-9-21-35-23-19-27-15-8-17-29(31(27)33)25-12-5-2-6-13-25/h1-8,10-17,32-33H,9,18-23H2. The second-order valence-electron chi connectivity index (χ2n) is 8.44. The van der Waals surface area contributed by atoms with Gasteiger partial charge in [-0.05, 0) is 41.5 Å². The van der Waals surface area contributed by atoms with Gasteiger partial charge < -0.3 is 19.7 Å². The van der Waals surface area contributed by atoms with E-state index < -0.39 is 0 Å². The molecule has 35 heavy (non-hydrogen) atoms. The third-order valence-electron chi connectivity index (χ3n) is 6.02. The van der Waals surface area contributed by atoms with Crippen molar-refractivity contribution < 1.29 is 19.7 Å². The summed E-state index contributed by atoms with van der Waals surface area (Å²) in [7, 11) is 0. The molecule has 0 aliphatic heterocycles. The highest BCUT2D eigenvalue weighted by Crippen LogP contribution is 2.33. The van der Waals surface area contributed by atoms with E-state index in [-0.39, 0.29) is 0 Å². The monoisotopic (exact) mass is 468 g/mol. The molecule has 0 heterocycles. The van der Waals surface area contributed by atoms with Gasteiger partial charge in [0, 0.05) is 24.3 Å². The molecule has 4 aromatic rings. The Morgan fingerprint density at radius 3 is 1.31 bits per heavy atom. The molecule has 4 heteroatoms. The molecule has 2 N–H and O–H groups in total. The topological polar surface area (TPSA) is 58.9 Å². The first-order valence-corrected chi connectivity index (χ1v) is 12.1. The Morgan fingerprint density at radius 1 is 0.457 bits per heavy atom. The zero-order valence-electron chi connectivity index (χ0n) is 19.9. The van der Waals surface area contributed by atoms with Gasteiger partial charge in [0.1, 0.15) is 11.5 Å². The molecule has 0 aromatic heterocycles. The lowest BCUT2D eigenvalue weighted by Crippen LogP contribution is -2.06. The van der Waals surface area contributed by atoms with Gasteiger partial charge in [0.15, 0.2) is 0 Å².